The second-order valence-electron chi connectivity index (χ2n) is 5.05. The van der Waals surface area contributed by atoms with Crippen molar-refractivity contribution in [1.82, 2.24) is 13.9 Å². The van der Waals surface area contributed by atoms with Crippen molar-refractivity contribution in [3.8, 4) is 0 Å². The largest absolute Gasteiger partial charge is 0.469 e. The van der Waals surface area contributed by atoms with Crippen molar-refractivity contribution in [2.75, 3.05) is 33.8 Å². The summed E-state index contributed by atoms with van der Waals surface area (Å²) in [5.74, 6) is -0.620. The lowest BCUT2D eigenvalue weighted by atomic mass is 10.1. The van der Waals surface area contributed by atoms with Crippen molar-refractivity contribution >= 4 is 22.1 Å². The van der Waals surface area contributed by atoms with Crippen LogP contribution in [0.3, 0.4) is 0 Å². The summed E-state index contributed by atoms with van der Waals surface area (Å²) in [5.41, 5.74) is 0. The van der Waals surface area contributed by atoms with Crippen LogP contribution >= 0.6 is 0 Å². The topological polar surface area (TPSA) is 96.0 Å². The first kappa shape index (κ1) is 17.9. The molecule has 9 heteroatoms. The molecule has 1 amide bonds. The fourth-order valence-electron chi connectivity index (χ4n) is 2.22. The molecule has 1 aliphatic rings. The van der Waals surface area contributed by atoms with Gasteiger partial charge in [-0.05, 0) is 12.8 Å². The monoisotopic (exact) mass is 321 g/mol. The molecule has 0 radical (unpaired) electrons. The summed E-state index contributed by atoms with van der Waals surface area (Å²) < 4.78 is 31.8. The number of piperidine rings is 1. The summed E-state index contributed by atoms with van der Waals surface area (Å²) in [7, 11) is -0.933. The Morgan fingerprint density at radius 1 is 1.43 bits per heavy atom. The number of amides is 1. The normalized spacial score (nSPS) is 20.3. The third-order valence-electron chi connectivity index (χ3n) is 3.37. The maximum atomic E-state index is 12.4. The first-order valence-electron chi connectivity index (χ1n) is 6.82. The average molecular weight is 321 g/mol. The van der Waals surface area contributed by atoms with Crippen LogP contribution in [0, 0.1) is 0 Å². The zero-order valence-electron chi connectivity index (χ0n) is 12.7. The van der Waals surface area contributed by atoms with Crippen molar-refractivity contribution in [1.29, 1.82) is 0 Å². The molecule has 1 saturated heterocycles. The van der Waals surface area contributed by atoms with Crippen molar-refractivity contribution in [3.63, 3.8) is 0 Å². The molecule has 8 nitrogen and oxygen atoms in total. The van der Waals surface area contributed by atoms with Gasteiger partial charge in [-0.25, -0.2) is 0 Å². The lowest BCUT2D eigenvalue weighted by molar-refractivity contribution is -0.140. The van der Waals surface area contributed by atoms with Gasteiger partial charge in [-0.15, -0.1) is 0 Å². The lowest BCUT2D eigenvalue weighted by Crippen LogP contribution is -2.52. The van der Waals surface area contributed by atoms with Crippen LogP contribution in [-0.2, 0) is 24.5 Å². The summed E-state index contributed by atoms with van der Waals surface area (Å²) >= 11 is 0. The quantitative estimate of drug-likeness (QED) is 0.654. The predicted molar refractivity (Wildman–Crippen MR) is 76.6 cm³/mol. The van der Waals surface area contributed by atoms with Crippen LogP contribution in [0.1, 0.15) is 26.2 Å². The highest BCUT2D eigenvalue weighted by Gasteiger charge is 2.32. The molecule has 1 unspecified atom stereocenters. The van der Waals surface area contributed by atoms with E-state index in [2.05, 4.69) is 10.1 Å². The Labute approximate surface area is 125 Å². The molecule has 21 heavy (non-hydrogen) atoms. The van der Waals surface area contributed by atoms with E-state index in [1.54, 1.807) is 0 Å². The first-order valence-corrected chi connectivity index (χ1v) is 8.22. The molecule has 1 aliphatic heterocycles. The van der Waals surface area contributed by atoms with Crippen LogP contribution in [0.5, 0.6) is 0 Å². The van der Waals surface area contributed by atoms with Gasteiger partial charge in [0.1, 0.15) is 0 Å². The van der Waals surface area contributed by atoms with E-state index in [1.807, 2.05) is 0 Å². The Kier molecular flexibility index (Phi) is 6.56. The maximum absolute atomic E-state index is 12.4. The van der Waals surface area contributed by atoms with Crippen molar-refractivity contribution in [3.05, 3.63) is 0 Å². The number of esters is 1. The highest BCUT2D eigenvalue weighted by Crippen LogP contribution is 2.16. The van der Waals surface area contributed by atoms with Crippen LogP contribution in [0.4, 0.5) is 0 Å². The summed E-state index contributed by atoms with van der Waals surface area (Å²) in [4.78, 5) is 22.2. The number of hydrogen-bond donors (Lipinski definition) is 1. The molecule has 1 rings (SSSR count). The zero-order chi connectivity index (χ0) is 16.0. The Balaban J connectivity index is 2.63. The van der Waals surface area contributed by atoms with E-state index in [9.17, 15) is 18.0 Å². The molecule has 1 fully saturated rings. The van der Waals surface area contributed by atoms with Gasteiger partial charge in [0.05, 0.1) is 13.5 Å². The highest BCUT2D eigenvalue weighted by atomic mass is 32.2. The van der Waals surface area contributed by atoms with Gasteiger partial charge >= 0.3 is 5.97 Å². The van der Waals surface area contributed by atoms with Crippen LogP contribution in [0.25, 0.3) is 0 Å². The van der Waals surface area contributed by atoms with Gasteiger partial charge in [-0.1, -0.05) is 0 Å². The summed E-state index contributed by atoms with van der Waals surface area (Å²) in [6, 6.07) is -0.167. The number of nitrogens with zero attached hydrogens (tertiary/aromatic N) is 2. The third kappa shape index (κ3) is 5.25. The van der Waals surface area contributed by atoms with Gasteiger partial charge in [0, 0.05) is 39.6 Å². The van der Waals surface area contributed by atoms with E-state index in [1.165, 1.54) is 25.4 Å². The van der Waals surface area contributed by atoms with E-state index < -0.39 is 16.2 Å². The van der Waals surface area contributed by atoms with Gasteiger partial charge in [0.2, 0.25) is 5.91 Å². The zero-order valence-corrected chi connectivity index (χ0v) is 13.5. The molecule has 0 saturated carbocycles. The van der Waals surface area contributed by atoms with Crippen molar-refractivity contribution < 1.29 is 22.7 Å². The predicted octanol–water partition coefficient (Wildman–Crippen LogP) is -0.673. The number of methoxy groups -OCH3 is 1. The SMILES string of the molecule is COC(=O)CCN(C)S(=O)(=O)N1CCCC(NC(C)=O)C1. The smallest absolute Gasteiger partial charge is 0.306 e. The van der Waals surface area contributed by atoms with E-state index in [0.29, 0.717) is 13.0 Å². The number of rotatable bonds is 6. The molecule has 1 heterocycles. The van der Waals surface area contributed by atoms with E-state index >= 15 is 0 Å². The van der Waals surface area contributed by atoms with Gasteiger partial charge in [-0.3, -0.25) is 9.59 Å². The summed E-state index contributed by atoms with van der Waals surface area (Å²) in [6.45, 7) is 2.15. The van der Waals surface area contributed by atoms with Crippen LogP contribution in [0.15, 0.2) is 0 Å². The van der Waals surface area contributed by atoms with Gasteiger partial charge < -0.3 is 10.1 Å². The molecule has 0 aromatic rings. The number of nitrogens with one attached hydrogen (secondary N) is 1. The second kappa shape index (κ2) is 7.71. The van der Waals surface area contributed by atoms with Crippen molar-refractivity contribution in [2.45, 2.75) is 32.2 Å². The molecule has 0 aromatic carbocycles. The standard InChI is InChI=1S/C12H23N3O5S/c1-10(16)13-11-5-4-7-15(9-11)21(18,19)14(2)8-6-12(17)20-3/h11H,4-9H2,1-3H3,(H,13,16). The minimum Gasteiger partial charge on any atom is -0.469 e. The fraction of sp³-hybridized carbons (Fsp3) is 0.833. The molecular formula is C12H23N3O5S. The highest BCUT2D eigenvalue weighted by molar-refractivity contribution is 7.86. The van der Waals surface area contributed by atoms with E-state index in [4.69, 9.17) is 0 Å². The summed E-state index contributed by atoms with van der Waals surface area (Å²) in [6.07, 6.45) is 1.46. The molecule has 1 atom stereocenters. The average Bonchev–Trinajstić information content (AvgIpc) is 2.43. The fourth-order valence-corrected chi connectivity index (χ4v) is 3.66. The maximum Gasteiger partial charge on any atom is 0.306 e. The minimum absolute atomic E-state index is 0.00912. The first-order chi connectivity index (χ1) is 9.77. The number of carbonyl (C=O) groups is 2. The molecular weight excluding hydrogens is 298 g/mol. The van der Waals surface area contributed by atoms with Crippen molar-refractivity contribution in [2.24, 2.45) is 0 Å². The lowest BCUT2D eigenvalue weighted by Gasteiger charge is -2.34. The molecule has 0 spiro atoms. The molecule has 0 bridgehead atoms. The second-order valence-corrected chi connectivity index (χ2v) is 7.09. The molecule has 0 aliphatic carbocycles. The van der Waals surface area contributed by atoms with Crippen LogP contribution < -0.4 is 5.32 Å². The Morgan fingerprint density at radius 3 is 2.67 bits per heavy atom. The van der Waals surface area contributed by atoms with Gasteiger partial charge in [0.15, 0.2) is 0 Å². The van der Waals surface area contributed by atoms with Gasteiger partial charge in [0.25, 0.3) is 10.2 Å². The van der Waals surface area contributed by atoms with Crippen LogP contribution in [-0.4, -0.2) is 68.7 Å². The minimum atomic E-state index is -3.63. The Hall–Kier alpha value is -1.19. The Morgan fingerprint density at radius 2 is 2.10 bits per heavy atom. The molecule has 1 N–H and O–H groups in total. The number of ether oxygens (including phenoxy) is 1. The molecule has 122 valence electrons. The van der Waals surface area contributed by atoms with Gasteiger partial charge in [-0.2, -0.15) is 17.0 Å². The van der Waals surface area contributed by atoms with E-state index in [-0.39, 0.29) is 31.5 Å². The third-order valence-corrected chi connectivity index (χ3v) is 5.32. The van der Waals surface area contributed by atoms with Crippen LogP contribution in [0.2, 0.25) is 0 Å². The Bertz CT molecular complexity index is 479. The van der Waals surface area contributed by atoms with E-state index in [0.717, 1.165) is 10.7 Å². The molecule has 0 aromatic heterocycles. The number of hydrogen-bond acceptors (Lipinski definition) is 5. The number of carbonyl (C=O) groups excluding carboxylic acids is 2. The summed E-state index contributed by atoms with van der Waals surface area (Å²) in [5, 5.41) is 2.74.